The number of carbonyl (C=O) groups excluding carboxylic acids is 1. The Kier molecular flexibility index (Phi) is 5.35. The fraction of sp³-hybridized carbons (Fsp3) is 0.583. The summed E-state index contributed by atoms with van der Waals surface area (Å²) >= 11 is 0. The standard InChI is InChI=1S/C12H20N4O3/c1-3-12(4-2,10(17)18)8-16-11(19)15-7-9-13-5-6-14-9/h5-6H,3-4,7-8H2,1-2H3,(H,13,14)(H,17,18)(H2,15,16,19). The van der Waals surface area contributed by atoms with Crippen LogP contribution in [0, 0.1) is 5.41 Å². The number of aromatic amines is 1. The SMILES string of the molecule is CCC(CC)(CNC(=O)NCc1ncc[nH]1)C(=O)O. The quantitative estimate of drug-likeness (QED) is 0.594. The molecule has 7 heteroatoms. The second kappa shape index (κ2) is 6.77. The zero-order chi connectivity index (χ0) is 14.3. The van der Waals surface area contributed by atoms with Crippen molar-refractivity contribution in [3.63, 3.8) is 0 Å². The van der Waals surface area contributed by atoms with Crippen LogP contribution in [0.5, 0.6) is 0 Å². The van der Waals surface area contributed by atoms with Crippen LogP contribution in [-0.4, -0.2) is 33.6 Å². The zero-order valence-corrected chi connectivity index (χ0v) is 11.2. The summed E-state index contributed by atoms with van der Waals surface area (Å²) in [6.45, 7) is 4.00. The molecule has 0 saturated heterocycles. The van der Waals surface area contributed by atoms with Crippen molar-refractivity contribution in [2.75, 3.05) is 6.54 Å². The Bertz CT molecular complexity index is 413. The van der Waals surface area contributed by atoms with Crippen molar-refractivity contribution >= 4 is 12.0 Å². The molecule has 106 valence electrons. The van der Waals surface area contributed by atoms with Crippen molar-refractivity contribution in [2.45, 2.75) is 33.2 Å². The van der Waals surface area contributed by atoms with Crippen molar-refractivity contribution in [1.29, 1.82) is 0 Å². The Balaban J connectivity index is 2.42. The first kappa shape index (κ1) is 15.0. The van der Waals surface area contributed by atoms with E-state index in [0.717, 1.165) is 0 Å². The van der Waals surface area contributed by atoms with Crippen LogP contribution in [0.25, 0.3) is 0 Å². The highest BCUT2D eigenvalue weighted by molar-refractivity contribution is 5.78. The summed E-state index contributed by atoms with van der Waals surface area (Å²) in [7, 11) is 0. The number of amides is 2. The molecule has 0 fully saturated rings. The molecule has 0 aliphatic rings. The van der Waals surface area contributed by atoms with Crippen molar-refractivity contribution in [3.8, 4) is 0 Å². The van der Waals surface area contributed by atoms with Gasteiger partial charge in [0, 0.05) is 18.9 Å². The molecule has 0 unspecified atom stereocenters. The van der Waals surface area contributed by atoms with Crippen LogP contribution >= 0.6 is 0 Å². The van der Waals surface area contributed by atoms with E-state index < -0.39 is 17.4 Å². The topological polar surface area (TPSA) is 107 Å². The number of hydrogen-bond acceptors (Lipinski definition) is 3. The minimum Gasteiger partial charge on any atom is -0.481 e. The maximum atomic E-state index is 11.6. The van der Waals surface area contributed by atoms with Gasteiger partial charge in [-0.3, -0.25) is 4.79 Å². The summed E-state index contributed by atoms with van der Waals surface area (Å²) in [4.78, 5) is 29.7. The Labute approximate surface area is 111 Å². The van der Waals surface area contributed by atoms with Gasteiger partial charge in [0.25, 0.3) is 0 Å². The summed E-state index contributed by atoms with van der Waals surface area (Å²) in [6.07, 6.45) is 4.20. The van der Waals surface area contributed by atoms with Gasteiger partial charge in [-0.05, 0) is 12.8 Å². The first-order chi connectivity index (χ1) is 9.04. The Morgan fingerprint density at radius 1 is 1.37 bits per heavy atom. The van der Waals surface area contributed by atoms with Crippen LogP contribution in [-0.2, 0) is 11.3 Å². The van der Waals surface area contributed by atoms with Crippen LogP contribution in [0.1, 0.15) is 32.5 Å². The molecule has 19 heavy (non-hydrogen) atoms. The highest BCUT2D eigenvalue weighted by Crippen LogP contribution is 2.25. The summed E-state index contributed by atoms with van der Waals surface area (Å²) in [6, 6.07) is -0.399. The minimum absolute atomic E-state index is 0.110. The molecule has 0 atom stereocenters. The van der Waals surface area contributed by atoms with E-state index in [-0.39, 0.29) is 13.1 Å². The predicted molar refractivity (Wildman–Crippen MR) is 69.5 cm³/mol. The average Bonchev–Trinajstić information content (AvgIpc) is 2.91. The van der Waals surface area contributed by atoms with Gasteiger partial charge in [-0.2, -0.15) is 0 Å². The Morgan fingerprint density at radius 3 is 2.53 bits per heavy atom. The van der Waals surface area contributed by atoms with Gasteiger partial charge in [-0.1, -0.05) is 13.8 Å². The molecule has 0 spiro atoms. The van der Waals surface area contributed by atoms with Gasteiger partial charge in [0.15, 0.2) is 0 Å². The van der Waals surface area contributed by atoms with Gasteiger partial charge in [0.2, 0.25) is 0 Å². The van der Waals surface area contributed by atoms with Gasteiger partial charge in [-0.25, -0.2) is 9.78 Å². The zero-order valence-electron chi connectivity index (χ0n) is 11.2. The van der Waals surface area contributed by atoms with E-state index in [1.807, 2.05) is 0 Å². The summed E-state index contributed by atoms with van der Waals surface area (Å²) in [5, 5.41) is 14.4. The number of aliphatic carboxylic acids is 1. The third-order valence-corrected chi connectivity index (χ3v) is 3.37. The fourth-order valence-electron chi connectivity index (χ4n) is 1.75. The van der Waals surface area contributed by atoms with E-state index >= 15 is 0 Å². The second-order valence-corrected chi connectivity index (χ2v) is 4.36. The Hall–Kier alpha value is -2.05. The Morgan fingerprint density at radius 2 is 2.05 bits per heavy atom. The third kappa shape index (κ3) is 3.97. The summed E-state index contributed by atoms with van der Waals surface area (Å²) in [5.41, 5.74) is -0.901. The van der Waals surface area contributed by atoms with Crippen LogP contribution < -0.4 is 10.6 Å². The van der Waals surface area contributed by atoms with E-state index in [0.29, 0.717) is 18.7 Å². The lowest BCUT2D eigenvalue weighted by Gasteiger charge is -2.26. The van der Waals surface area contributed by atoms with Gasteiger partial charge >= 0.3 is 12.0 Å². The number of hydrogen-bond donors (Lipinski definition) is 4. The molecule has 1 aromatic heterocycles. The van der Waals surface area contributed by atoms with Crippen molar-refractivity contribution in [1.82, 2.24) is 20.6 Å². The number of rotatable bonds is 7. The van der Waals surface area contributed by atoms with E-state index in [9.17, 15) is 14.7 Å². The van der Waals surface area contributed by atoms with Gasteiger partial charge in [-0.15, -0.1) is 0 Å². The number of nitrogens with zero attached hydrogens (tertiary/aromatic N) is 1. The maximum Gasteiger partial charge on any atom is 0.315 e. The first-order valence-corrected chi connectivity index (χ1v) is 6.27. The maximum absolute atomic E-state index is 11.6. The molecule has 0 radical (unpaired) electrons. The minimum atomic E-state index is -0.901. The molecule has 1 rings (SSSR count). The number of H-pyrrole nitrogens is 1. The van der Waals surface area contributed by atoms with E-state index in [1.54, 1.807) is 26.2 Å². The molecular formula is C12H20N4O3. The first-order valence-electron chi connectivity index (χ1n) is 6.27. The van der Waals surface area contributed by atoms with Crippen molar-refractivity contribution in [3.05, 3.63) is 18.2 Å². The van der Waals surface area contributed by atoms with E-state index in [2.05, 4.69) is 20.6 Å². The monoisotopic (exact) mass is 268 g/mol. The molecule has 4 N–H and O–H groups in total. The number of aromatic nitrogens is 2. The van der Waals surface area contributed by atoms with Crippen LogP contribution in [0.15, 0.2) is 12.4 Å². The van der Waals surface area contributed by atoms with Crippen LogP contribution in [0.4, 0.5) is 4.79 Å². The van der Waals surface area contributed by atoms with Gasteiger partial charge in [0.1, 0.15) is 5.82 Å². The summed E-state index contributed by atoms with van der Waals surface area (Å²) < 4.78 is 0. The lowest BCUT2D eigenvalue weighted by Crippen LogP contribution is -2.45. The number of carbonyl (C=O) groups is 2. The van der Waals surface area contributed by atoms with E-state index in [1.165, 1.54) is 0 Å². The largest absolute Gasteiger partial charge is 0.481 e. The lowest BCUT2D eigenvalue weighted by molar-refractivity contribution is -0.149. The molecule has 0 aliphatic heterocycles. The molecule has 1 heterocycles. The van der Waals surface area contributed by atoms with Crippen LogP contribution in [0.2, 0.25) is 0 Å². The number of nitrogens with one attached hydrogen (secondary N) is 3. The highest BCUT2D eigenvalue weighted by Gasteiger charge is 2.35. The predicted octanol–water partition coefficient (Wildman–Crippen LogP) is 1.10. The highest BCUT2D eigenvalue weighted by atomic mass is 16.4. The lowest BCUT2D eigenvalue weighted by atomic mass is 9.82. The molecule has 0 bridgehead atoms. The molecular weight excluding hydrogens is 248 g/mol. The summed E-state index contributed by atoms with van der Waals surface area (Å²) in [5.74, 6) is -0.241. The molecule has 2 amide bonds. The average molecular weight is 268 g/mol. The third-order valence-electron chi connectivity index (χ3n) is 3.37. The second-order valence-electron chi connectivity index (χ2n) is 4.36. The molecule has 1 aromatic rings. The number of carboxylic acid groups (broad SMARTS) is 1. The molecule has 0 aromatic carbocycles. The van der Waals surface area contributed by atoms with Crippen molar-refractivity contribution < 1.29 is 14.7 Å². The molecule has 0 saturated carbocycles. The molecule has 0 aliphatic carbocycles. The van der Waals surface area contributed by atoms with Crippen LogP contribution in [0.3, 0.4) is 0 Å². The fourth-order valence-corrected chi connectivity index (χ4v) is 1.75. The number of imidazole rings is 1. The van der Waals surface area contributed by atoms with E-state index in [4.69, 9.17) is 0 Å². The van der Waals surface area contributed by atoms with Gasteiger partial charge in [0.05, 0.1) is 12.0 Å². The molecule has 7 nitrogen and oxygen atoms in total. The smallest absolute Gasteiger partial charge is 0.315 e. The van der Waals surface area contributed by atoms with Gasteiger partial charge < -0.3 is 20.7 Å². The normalized spacial score (nSPS) is 11.1. The number of carboxylic acids is 1. The number of urea groups is 1. The van der Waals surface area contributed by atoms with Crippen molar-refractivity contribution in [2.24, 2.45) is 5.41 Å².